The third kappa shape index (κ3) is 4.93. The van der Waals surface area contributed by atoms with Crippen LogP contribution in [-0.2, 0) is 32.5 Å². The monoisotopic (exact) mass is 387 g/mol. The van der Waals surface area contributed by atoms with Crippen LogP contribution in [0, 0.1) is 0 Å². The lowest BCUT2D eigenvalue weighted by Gasteiger charge is -2.10. The second-order valence-electron chi connectivity index (χ2n) is 7.48. The highest BCUT2D eigenvalue weighted by molar-refractivity contribution is 5.73. The van der Waals surface area contributed by atoms with Gasteiger partial charge >= 0.3 is 6.03 Å². The fourth-order valence-corrected chi connectivity index (χ4v) is 3.71. The maximum Gasteiger partial charge on any atom is 0.315 e. The number of hydrogen-bond acceptors (Lipinski definition) is 2. The molecular formula is C24H25N3O2. The number of carbonyl (C=O) groups is 1. The lowest BCUT2D eigenvalue weighted by Crippen LogP contribution is -2.34. The van der Waals surface area contributed by atoms with Gasteiger partial charge in [-0.1, -0.05) is 48.5 Å². The first-order chi connectivity index (χ1) is 14.2. The lowest BCUT2D eigenvalue weighted by atomic mass is 10.1. The van der Waals surface area contributed by atoms with Gasteiger partial charge in [0.05, 0.1) is 6.54 Å². The van der Waals surface area contributed by atoms with Crippen LogP contribution in [0.2, 0.25) is 0 Å². The summed E-state index contributed by atoms with van der Waals surface area (Å²) in [6, 6.07) is 19.4. The number of hydrogen-bond donors (Lipinski definition) is 2. The second kappa shape index (κ2) is 8.78. The molecule has 5 heteroatoms. The van der Waals surface area contributed by atoms with Crippen LogP contribution < -0.4 is 16.2 Å². The van der Waals surface area contributed by atoms with Crippen molar-refractivity contribution in [2.75, 3.05) is 0 Å². The normalized spacial score (nSPS) is 12.4. The van der Waals surface area contributed by atoms with Gasteiger partial charge in [0.15, 0.2) is 0 Å². The largest absolute Gasteiger partial charge is 0.334 e. The molecule has 0 unspecified atom stereocenters. The Labute approximate surface area is 170 Å². The van der Waals surface area contributed by atoms with Crippen LogP contribution in [0.15, 0.2) is 71.7 Å². The molecule has 0 radical (unpaired) electrons. The Morgan fingerprint density at radius 2 is 1.52 bits per heavy atom. The molecule has 148 valence electrons. The van der Waals surface area contributed by atoms with E-state index in [2.05, 4.69) is 28.8 Å². The van der Waals surface area contributed by atoms with Crippen molar-refractivity contribution >= 4 is 6.03 Å². The minimum Gasteiger partial charge on any atom is -0.334 e. The SMILES string of the molecule is O=C(NCc1ccc(Cn2ccccc2=O)cc1)NCc1ccc2c(c1)CCC2. The molecule has 1 aliphatic rings. The quantitative estimate of drug-likeness (QED) is 0.681. The van der Waals surface area contributed by atoms with Crippen molar-refractivity contribution in [3.8, 4) is 0 Å². The summed E-state index contributed by atoms with van der Waals surface area (Å²) in [7, 11) is 0. The number of nitrogens with one attached hydrogen (secondary N) is 2. The number of aromatic nitrogens is 1. The zero-order valence-electron chi connectivity index (χ0n) is 16.4. The Morgan fingerprint density at radius 1 is 0.828 bits per heavy atom. The summed E-state index contributed by atoms with van der Waals surface area (Å²) in [5, 5.41) is 5.82. The Kier molecular flexibility index (Phi) is 5.75. The van der Waals surface area contributed by atoms with E-state index in [1.807, 2.05) is 30.3 Å². The number of benzene rings is 2. The first kappa shape index (κ1) is 19.0. The van der Waals surface area contributed by atoms with Crippen LogP contribution >= 0.6 is 0 Å². The smallest absolute Gasteiger partial charge is 0.315 e. The average Bonchev–Trinajstić information content (AvgIpc) is 3.21. The van der Waals surface area contributed by atoms with Crippen LogP contribution in [0.1, 0.15) is 34.2 Å². The maximum atomic E-state index is 12.1. The summed E-state index contributed by atoms with van der Waals surface area (Å²) in [4.78, 5) is 23.9. The molecule has 0 atom stereocenters. The highest BCUT2D eigenvalue weighted by atomic mass is 16.2. The van der Waals surface area contributed by atoms with Gasteiger partial charge in [-0.05, 0) is 53.1 Å². The molecule has 2 aromatic carbocycles. The van der Waals surface area contributed by atoms with E-state index in [1.165, 1.54) is 24.0 Å². The minimum absolute atomic E-state index is 0.0155. The number of pyridine rings is 1. The van der Waals surface area contributed by atoms with E-state index < -0.39 is 0 Å². The van der Waals surface area contributed by atoms with Crippen molar-refractivity contribution in [2.24, 2.45) is 0 Å². The maximum absolute atomic E-state index is 12.1. The fourth-order valence-electron chi connectivity index (χ4n) is 3.71. The molecule has 0 saturated heterocycles. The number of carbonyl (C=O) groups excluding carboxylic acids is 1. The number of rotatable bonds is 6. The third-order valence-corrected chi connectivity index (χ3v) is 5.34. The van der Waals surface area contributed by atoms with Gasteiger partial charge in [0.2, 0.25) is 0 Å². The summed E-state index contributed by atoms with van der Waals surface area (Å²) in [6.45, 7) is 1.53. The number of aryl methyl sites for hydroxylation is 2. The molecule has 1 heterocycles. The van der Waals surface area contributed by atoms with E-state index in [4.69, 9.17) is 0 Å². The standard InChI is InChI=1S/C24H25N3O2/c28-23-6-1-2-13-27(23)17-19-9-7-18(8-10-19)15-25-24(29)26-16-20-11-12-21-4-3-5-22(21)14-20/h1-2,6-14H,3-5,15-17H2,(H2,25,26,29). The summed E-state index contributed by atoms with van der Waals surface area (Å²) in [5.74, 6) is 0. The predicted octanol–water partition coefficient (Wildman–Crippen LogP) is 3.38. The average molecular weight is 387 g/mol. The van der Waals surface area contributed by atoms with Crippen LogP contribution in [0.5, 0.6) is 0 Å². The molecule has 0 bridgehead atoms. The molecular weight excluding hydrogens is 362 g/mol. The lowest BCUT2D eigenvalue weighted by molar-refractivity contribution is 0.240. The number of nitrogens with zero attached hydrogens (tertiary/aromatic N) is 1. The topological polar surface area (TPSA) is 63.1 Å². The van der Waals surface area contributed by atoms with Crippen molar-refractivity contribution in [1.29, 1.82) is 0 Å². The van der Waals surface area contributed by atoms with Crippen LogP contribution in [0.4, 0.5) is 4.79 Å². The van der Waals surface area contributed by atoms with Gasteiger partial charge in [0.25, 0.3) is 5.56 Å². The van der Waals surface area contributed by atoms with Gasteiger partial charge in [-0.25, -0.2) is 4.79 Å². The minimum atomic E-state index is -0.176. The van der Waals surface area contributed by atoms with E-state index in [9.17, 15) is 9.59 Å². The number of amides is 2. The fraction of sp³-hybridized carbons (Fsp3) is 0.250. The number of urea groups is 1. The Morgan fingerprint density at radius 3 is 2.31 bits per heavy atom. The summed E-state index contributed by atoms with van der Waals surface area (Å²) < 4.78 is 1.67. The molecule has 0 saturated carbocycles. The Balaban J connectivity index is 1.25. The van der Waals surface area contributed by atoms with E-state index >= 15 is 0 Å². The summed E-state index contributed by atoms with van der Waals surface area (Å²) in [5.41, 5.74) is 6.05. The van der Waals surface area contributed by atoms with Crippen molar-refractivity contribution < 1.29 is 4.79 Å². The van der Waals surface area contributed by atoms with Gasteiger partial charge in [0, 0.05) is 25.4 Å². The zero-order valence-corrected chi connectivity index (χ0v) is 16.4. The molecule has 0 fully saturated rings. The molecule has 0 aliphatic heterocycles. The predicted molar refractivity (Wildman–Crippen MR) is 114 cm³/mol. The van der Waals surface area contributed by atoms with Crippen molar-refractivity contribution in [3.05, 3.63) is 105 Å². The van der Waals surface area contributed by atoms with Gasteiger partial charge in [-0.2, -0.15) is 0 Å². The van der Waals surface area contributed by atoms with Gasteiger partial charge in [0.1, 0.15) is 0 Å². The summed E-state index contributed by atoms with van der Waals surface area (Å²) >= 11 is 0. The van der Waals surface area contributed by atoms with Gasteiger partial charge in [-0.15, -0.1) is 0 Å². The second-order valence-corrected chi connectivity index (χ2v) is 7.48. The highest BCUT2D eigenvalue weighted by Gasteiger charge is 2.11. The van der Waals surface area contributed by atoms with E-state index in [0.717, 1.165) is 23.1 Å². The molecule has 5 nitrogen and oxygen atoms in total. The van der Waals surface area contributed by atoms with E-state index in [-0.39, 0.29) is 11.6 Å². The number of fused-ring (bicyclic) bond motifs is 1. The first-order valence-electron chi connectivity index (χ1n) is 10.0. The zero-order chi connectivity index (χ0) is 20.1. The molecule has 0 spiro atoms. The first-order valence-corrected chi connectivity index (χ1v) is 10.0. The molecule has 2 amide bonds. The molecule has 29 heavy (non-hydrogen) atoms. The highest BCUT2D eigenvalue weighted by Crippen LogP contribution is 2.22. The molecule has 3 aromatic rings. The molecule has 1 aliphatic carbocycles. The van der Waals surface area contributed by atoms with Crippen molar-refractivity contribution in [1.82, 2.24) is 15.2 Å². The third-order valence-electron chi connectivity index (χ3n) is 5.34. The molecule has 4 rings (SSSR count). The Hall–Kier alpha value is -3.34. The van der Waals surface area contributed by atoms with Crippen molar-refractivity contribution in [3.63, 3.8) is 0 Å². The van der Waals surface area contributed by atoms with E-state index in [0.29, 0.717) is 19.6 Å². The Bertz CT molecular complexity index is 1050. The van der Waals surface area contributed by atoms with Crippen LogP contribution in [-0.4, -0.2) is 10.6 Å². The van der Waals surface area contributed by atoms with Crippen molar-refractivity contribution in [2.45, 2.75) is 38.9 Å². The summed E-state index contributed by atoms with van der Waals surface area (Å²) in [6.07, 6.45) is 5.32. The van der Waals surface area contributed by atoms with Crippen LogP contribution in [0.3, 0.4) is 0 Å². The van der Waals surface area contributed by atoms with E-state index in [1.54, 1.807) is 22.9 Å². The van der Waals surface area contributed by atoms with Crippen LogP contribution in [0.25, 0.3) is 0 Å². The van der Waals surface area contributed by atoms with Gasteiger partial charge < -0.3 is 15.2 Å². The molecule has 2 N–H and O–H groups in total. The molecule has 1 aromatic heterocycles. The van der Waals surface area contributed by atoms with Gasteiger partial charge in [-0.3, -0.25) is 4.79 Å².